The molecule has 0 aliphatic rings. The molecule has 4 heteroatoms. The molecule has 0 saturated heterocycles. The first-order valence-corrected chi connectivity index (χ1v) is 6.41. The highest BCUT2D eigenvalue weighted by atomic mass is 16.3. The van der Waals surface area contributed by atoms with E-state index >= 15 is 0 Å². The number of fused-ring (bicyclic) bond motifs is 1. The van der Waals surface area contributed by atoms with E-state index in [4.69, 9.17) is 4.42 Å². The molecule has 0 fully saturated rings. The van der Waals surface area contributed by atoms with Crippen molar-refractivity contribution in [3.8, 4) is 0 Å². The van der Waals surface area contributed by atoms with Gasteiger partial charge in [-0.1, -0.05) is 42.5 Å². The molecule has 0 aliphatic carbocycles. The lowest BCUT2D eigenvalue weighted by molar-refractivity contribution is 0.0946. The fourth-order valence-corrected chi connectivity index (χ4v) is 2.18. The van der Waals surface area contributed by atoms with Gasteiger partial charge in [0.2, 0.25) is 0 Å². The van der Waals surface area contributed by atoms with Gasteiger partial charge in [0.1, 0.15) is 6.26 Å². The SMILES string of the molecule is Cc1nc(C(=O)NCc2cccc3ccccc23)co1. The Labute approximate surface area is 116 Å². The summed E-state index contributed by atoms with van der Waals surface area (Å²) < 4.78 is 5.04. The molecule has 4 nitrogen and oxygen atoms in total. The van der Waals surface area contributed by atoms with E-state index in [1.807, 2.05) is 24.3 Å². The van der Waals surface area contributed by atoms with Crippen molar-refractivity contribution in [2.75, 3.05) is 0 Å². The van der Waals surface area contributed by atoms with Gasteiger partial charge in [-0.15, -0.1) is 0 Å². The molecule has 2 aromatic carbocycles. The van der Waals surface area contributed by atoms with Crippen molar-refractivity contribution >= 4 is 16.7 Å². The molecule has 20 heavy (non-hydrogen) atoms. The van der Waals surface area contributed by atoms with Crippen molar-refractivity contribution in [2.45, 2.75) is 13.5 Å². The third-order valence-electron chi connectivity index (χ3n) is 3.17. The molecule has 100 valence electrons. The van der Waals surface area contributed by atoms with E-state index in [1.165, 1.54) is 6.26 Å². The van der Waals surface area contributed by atoms with Gasteiger partial charge >= 0.3 is 0 Å². The minimum atomic E-state index is -0.227. The van der Waals surface area contributed by atoms with Gasteiger partial charge in [-0.25, -0.2) is 4.98 Å². The number of nitrogens with one attached hydrogen (secondary N) is 1. The Kier molecular flexibility index (Phi) is 3.21. The van der Waals surface area contributed by atoms with Crippen molar-refractivity contribution in [3.05, 3.63) is 65.9 Å². The maximum atomic E-state index is 11.9. The minimum absolute atomic E-state index is 0.227. The molecule has 0 spiro atoms. The maximum Gasteiger partial charge on any atom is 0.273 e. The number of aryl methyl sites for hydroxylation is 1. The number of oxazole rings is 1. The van der Waals surface area contributed by atoms with Crippen molar-refractivity contribution in [2.24, 2.45) is 0 Å². The van der Waals surface area contributed by atoms with Crippen LogP contribution < -0.4 is 5.32 Å². The first kappa shape index (κ1) is 12.4. The van der Waals surface area contributed by atoms with Gasteiger partial charge in [-0.05, 0) is 16.3 Å². The molecule has 3 rings (SSSR count). The van der Waals surface area contributed by atoms with Gasteiger partial charge in [0.25, 0.3) is 5.91 Å². The van der Waals surface area contributed by atoms with Gasteiger partial charge in [0.15, 0.2) is 11.6 Å². The highest BCUT2D eigenvalue weighted by Gasteiger charge is 2.10. The highest BCUT2D eigenvalue weighted by Crippen LogP contribution is 2.18. The highest BCUT2D eigenvalue weighted by molar-refractivity contribution is 5.92. The molecular formula is C16H14N2O2. The van der Waals surface area contributed by atoms with Crippen LogP contribution >= 0.6 is 0 Å². The molecule has 0 atom stereocenters. The molecule has 1 aromatic heterocycles. The van der Waals surface area contributed by atoms with Gasteiger partial charge in [-0.3, -0.25) is 4.79 Å². The molecule has 0 radical (unpaired) electrons. The van der Waals surface area contributed by atoms with E-state index in [9.17, 15) is 4.79 Å². The van der Waals surface area contributed by atoms with Crippen LogP contribution in [0.4, 0.5) is 0 Å². The fraction of sp³-hybridized carbons (Fsp3) is 0.125. The van der Waals surface area contributed by atoms with E-state index in [0.29, 0.717) is 18.1 Å². The average Bonchev–Trinajstić information content (AvgIpc) is 2.91. The summed E-state index contributed by atoms with van der Waals surface area (Å²) in [6, 6.07) is 14.2. The maximum absolute atomic E-state index is 11.9. The second-order valence-electron chi connectivity index (χ2n) is 4.57. The minimum Gasteiger partial charge on any atom is -0.448 e. The monoisotopic (exact) mass is 266 g/mol. The second kappa shape index (κ2) is 5.17. The Morgan fingerprint density at radius 2 is 2.00 bits per heavy atom. The van der Waals surface area contributed by atoms with Crippen LogP contribution in [0.2, 0.25) is 0 Å². The van der Waals surface area contributed by atoms with Crippen LogP contribution in [0.15, 0.2) is 53.1 Å². The van der Waals surface area contributed by atoms with E-state index in [-0.39, 0.29) is 5.91 Å². The first-order valence-electron chi connectivity index (χ1n) is 6.41. The smallest absolute Gasteiger partial charge is 0.273 e. The zero-order valence-corrected chi connectivity index (χ0v) is 11.1. The van der Waals surface area contributed by atoms with Crippen molar-refractivity contribution in [3.63, 3.8) is 0 Å². The van der Waals surface area contributed by atoms with Crippen LogP contribution in [0.1, 0.15) is 21.9 Å². The van der Waals surface area contributed by atoms with Crippen LogP contribution in [-0.4, -0.2) is 10.9 Å². The number of benzene rings is 2. The van der Waals surface area contributed by atoms with Gasteiger partial charge < -0.3 is 9.73 Å². The fourth-order valence-electron chi connectivity index (χ4n) is 2.18. The van der Waals surface area contributed by atoms with Crippen molar-refractivity contribution < 1.29 is 9.21 Å². The largest absolute Gasteiger partial charge is 0.448 e. The summed E-state index contributed by atoms with van der Waals surface area (Å²) in [5.74, 6) is 0.259. The van der Waals surface area contributed by atoms with Gasteiger partial charge in [-0.2, -0.15) is 0 Å². The van der Waals surface area contributed by atoms with E-state index in [0.717, 1.165) is 16.3 Å². The Hall–Kier alpha value is -2.62. The van der Waals surface area contributed by atoms with E-state index < -0.39 is 0 Å². The number of aromatic nitrogens is 1. The lowest BCUT2D eigenvalue weighted by Crippen LogP contribution is -2.23. The average molecular weight is 266 g/mol. The topological polar surface area (TPSA) is 55.1 Å². The third-order valence-corrected chi connectivity index (χ3v) is 3.17. The molecule has 0 saturated carbocycles. The third kappa shape index (κ3) is 2.40. The molecule has 0 aliphatic heterocycles. The lowest BCUT2D eigenvalue weighted by Gasteiger charge is -2.07. The Bertz CT molecular complexity index is 757. The van der Waals surface area contributed by atoms with Crippen LogP contribution in [0, 0.1) is 6.92 Å². The molecule has 3 aromatic rings. The molecule has 0 bridgehead atoms. The Morgan fingerprint density at radius 1 is 1.20 bits per heavy atom. The lowest BCUT2D eigenvalue weighted by atomic mass is 10.0. The number of nitrogens with zero attached hydrogens (tertiary/aromatic N) is 1. The van der Waals surface area contributed by atoms with Crippen LogP contribution in [0.3, 0.4) is 0 Å². The molecule has 1 amide bonds. The summed E-state index contributed by atoms with van der Waals surface area (Å²) in [5, 5.41) is 5.17. The van der Waals surface area contributed by atoms with Crippen LogP contribution in [0.5, 0.6) is 0 Å². The van der Waals surface area contributed by atoms with Gasteiger partial charge in [0, 0.05) is 13.5 Å². The van der Waals surface area contributed by atoms with E-state index in [2.05, 4.69) is 28.5 Å². The van der Waals surface area contributed by atoms with Crippen molar-refractivity contribution in [1.82, 2.24) is 10.3 Å². The Balaban J connectivity index is 1.79. The van der Waals surface area contributed by atoms with Gasteiger partial charge in [0.05, 0.1) is 0 Å². The zero-order valence-electron chi connectivity index (χ0n) is 11.1. The summed E-state index contributed by atoms with van der Waals surface area (Å²) >= 11 is 0. The quantitative estimate of drug-likeness (QED) is 0.792. The summed E-state index contributed by atoms with van der Waals surface area (Å²) in [6.07, 6.45) is 1.37. The summed E-state index contributed by atoms with van der Waals surface area (Å²) in [6.45, 7) is 2.17. The molecule has 1 N–H and O–H groups in total. The van der Waals surface area contributed by atoms with Crippen LogP contribution in [-0.2, 0) is 6.54 Å². The number of hydrogen-bond acceptors (Lipinski definition) is 3. The Morgan fingerprint density at radius 3 is 2.80 bits per heavy atom. The van der Waals surface area contributed by atoms with Crippen LogP contribution in [0.25, 0.3) is 10.8 Å². The summed E-state index contributed by atoms with van der Waals surface area (Å²) in [5.41, 5.74) is 1.39. The number of hydrogen-bond donors (Lipinski definition) is 1. The number of amides is 1. The number of carbonyl (C=O) groups excluding carboxylic acids is 1. The second-order valence-corrected chi connectivity index (χ2v) is 4.57. The van der Waals surface area contributed by atoms with Crippen molar-refractivity contribution in [1.29, 1.82) is 0 Å². The standard InChI is InChI=1S/C16H14N2O2/c1-11-18-15(10-20-11)16(19)17-9-13-7-4-6-12-5-2-3-8-14(12)13/h2-8,10H,9H2,1H3,(H,17,19). The zero-order chi connectivity index (χ0) is 13.9. The first-order chi connectivity index (χ1) is 9.74. The number of rotatable bonds is 3. The predicted molar refractivity (Wildman–Crippen MR) is 76.4 cm³/mol. The summed E-state index contributed by atoms with van der Waals surface area (Å²) in [7, 11) is 0. The molecule has 0 unspecified atom stereocenters. The molecule has 1 heterocycles. The predicted octanol–water partition coefficient (Wildman–Crippen LogP) is 3.07. The normalized spacial score (nSPS) is 10.7. The summed E-state index contributed by atoms with van der Waals surface area (Å²) in [4.78, 5) is 15.9. The number of carbonyl (C=O) groups is 1. The molecular weight excluding hydrogens is 252 g/mol. The van der Waals surface area contributed by atoms with E-state index in [1.54, 1.807) is 6.92 Å².